The van der Waals surface area contributed by atoms with Gasteiger partial charge in [-0.2, -0.15) is 0 Å². The predicted octanol–water partition coefficient (Wildman–Crippen LogP) is 6.50. The van der Waals surface area contributed by atoms with Gasteiger partial charge < -0.3 is 19.4 Å². The number of amides is 1. The first-order chi connectivity index (χ1) is 17.8. The quantitative estimate of drug-likeness (QED) is 0.239. The van der Waals surface area contributed by atoms with Crippen molar-refractivity contribution >= 4 is 16.9 Å². The minimum absolute atomic E-state index is 0.0437. The number of para-hydroxylation sites is 3. The fourth-order valence-corrected chi connectivity index (χ4v) is 4.51. The molecule has 4 rings (SSSR count). The Labute approximate surface area is 219 Å². The second kappa shape index (κ2) is 12.0. The summed E-state index contributed by atoms with van der Waals surface area (Å²) >= 11 is 0. The molecule has 194 valence electrons. The van der Waals surface area contributed by atoms with Crippen LogP contribution in [0.3, 0.4) is 0 Å². The monoisotopic (exact) mass is 499 g/mol. The summed E-state index contributed by atoms with van der Waals surface area (Å²) in [5, 5.41) is 3.06. The van der Waals surface area contributed by atoms with Crippen molar-refractivity contribution in [2.75, 3.05) is 13.2 Å². The lowest BCUT2D eigenvalue weighted by molar-refractivity contribution is -0.123. The third kappa shape index (κ3) is 6.50. The molecule has 0 bridgehead atoms. The van der Waals surface area contributed by atoms with Gasteiger partial charge >= 0.3 is 0 Å². The topological polar surface area (TPSA) is 65.4 Å². The Kier molecular flexibility index (Phi) is 8.49. The van der Waals surface area contributed by atoms with E-state index in [4.69, 9.17) is 14.5 Å². The second-order valence-corrected chi connectivity index (χ2v) is 9.85. The number of nitrogens with zero attached hydrogens (tertiary/aromatic N) is 2. The molecule has 0 saturated carbocycles. The van der Waals surface area contributed by atoms with Crippen LogP contribution in [0.2, 0.25) is 0 Å². The molecule has 0 saturated heterocycles. The van der Waals surface area contributed by atoms with Crippen LogP contribution in [0.1, 0.15) is 61.7 Å². The van der Waals surface area contributed by atoms with Crippen LogP contribution in [-0.2, 0) is 11.3 Å². The lowest BCUT2D eigenvalue weighted by atomic mass is 10.0. The average molecular weight is 500 g/mol. The Balaban J connectivity index is 1.41. The molecule has 0 aliphatic heterocycles. The molecular weight excluding hydrogens is 462 g/mol. The minimum Gasteiger partial charge on any atom is -0.493 e. The van der Waals surface area contributed by atoms with Crippen LogP contribution in [0.5, 0.6) is 11.5 Å². The standard InChI is InChI=1S/C31H37N3O3/c1-21(2)25-11-6-9-14-28(25)36-18-10-17-34-27-13-8-7-12-26(27)33-31(34)24(5)32-30(35)20-37-29-19-22(3)15-16-23(29)4/h6-9,11-16,19,21,24H,10,17-18,20H2,1-5H3,(H,32,35). The summed E-state index contributed by atoms with van der Waals surface area (Å²) in [7, 11) is 0. The van der Waals surface area contributed by atoms with Gasteiger partial charge in [0.2, 0.25) is 0 Å². The van der Waals surface area contributed by atoms with Gasteiger partial charge in [-0.25, -0.2) is 4.98 Å². The van der Waals surface area contributed by atoms with Crippen LogP contribution in [0, 0.1) is 13.8 Å². The number of hydrogen-bond acceptors (Lipinski definition) is 4. The molecule has 0 aliphatic rings. The summed E-state index contributed by atoms with van der Waals surface area (Å²) in [5.41, 5.74) is 5.28. The molecular formula is C31H37N3O3. The Morgan fingerprint density at radius 3 is 2.51 bits per heavy atom. The van der Waals surface area contributed by atoms with Crippen molar-refractivity contribution < 1.29 is 14.3 Å². The summed E-state index contributed by atoms with van der Waals surface area (Å²) in [4.78, 5) is 17.6. The highest BCUT2D eigenvalue weighted by atomic mass is 16.5. The zero-order valence-corrected chi connectivity index (χ0v) is 22.5. The number of ether oxygens (including phenoxy) is 2. The van der Waals surface area contributed by atoms with Crippen molar-refractivity contribution in [3.8, 4) is 11.5 Å². The number of fused-ring (bicyclic) bond motifs is 1. The van der Waals surface area contributed by atoms with Gasteiger partial charge in [-0.15, -0.1) is 0 Å². The largest absolute Gasteiger partial charge is 0.493 e. The number of aromatic nitrogens is 2. The normalized spacial score (nSPS) is 12.1. The smallest absolute Gasteiger partial charge is 0.258 e. The molecule has 1 atom stereocenters. The molecule has 0 radical (unpaired) electrons. The lowest BCUT2D eigenvalue weighted by Gasteiger charge is -2.18. The molecule has 3 aromatic carbocycles. The molecule has 1 heterocycles. The van der Waals surface area contributed by atoms with E-state index in [1.807, 2.05) is 69.3 Å². The van der Waals surface area contributed by atoms with Crippen LogP contribution >= 0.6 is 0 Å². The van der Waals surface area contributed by atoms with Gasteiger partial charge in [-0.05, 0) is 74.1 Å². The van der Waals surface area contributed by atoms with E-state index in [9.17, 15) is 4.79 Å². The maximum absolute atomic E-state index is 12.7. The van der Waals surface area contributed by atoms with E-state index < -0.39 is 0 Å². The third-order valence-electron chi connectivity index (χ3n) is 6.48. The number of carbonyl (C=O) groups is 1. The summed E-state index contributed by atoms with van der Waals surface area (Å²) in [6.45, 7) is 11.6. The molecule has 37 heavy (non-hydrogen) atoms. The highest BCUT2D eigenvalue weighted by molar-refractivity contribution is 5.79. The molecule has 6 heteroatoms. The van der Waals surface area contributed by atoms with Crippen molar-refractivity contribution in [2.45, 2.75) is 59.5 Å². The highest BCUT2D eigenvalue weighted by Gasteiger charge is 2.19. The van der Waals surface area contributed by atoms with Gasteiger partial charge in [0.15, 0.2) is 6.61 Å². The summed E-state index contributed by atoms with van der Waals surface area (Å²) in [6.07, 6.45) is 0.816. The van der Waals surface area contributed by atoms with E-state index in [-0.39, 0.29) is 18.6 Å². The number of imidazole rings is 1. The molecule has 4 aromatic rings. The SMILES string of the molecule is Cc1ccc(C)c(OCC(=O)NC(C)c2nc3ccccc3n2CCCOc2ccccc2C(C)C)c1. The Hall–Kier alpha value is -3.80. The van der Waals surface area contributed by atoms with Gasteiger partial charge in [0.05, 0.1) is 23.7 Å². The van der Waals surface area contributed by atoms with Crippen LogP contribution in [0.25, 0.3) is 11.0 Å². The van der Waals surface area contributed by atoms with E-state index in [0.717, 1.165) is 52.4 Å². The number of nitrogens with one attached hydrogen (secondary N) is 1. The molecule has 1 N–H and O–H groups in total. The Morgan fingerprint density at radius 2 is 1.70 bits per heavy atom. The number of benzene rings is 3. The zero-order chi connectivity index (χ0) is 26.4. The minimum atomic E-state index is -0.273. The van der Waals surface area contributed by atoms with Gasteiger partial charge in [0.25, 0.3) is 5.91 Å². The fourth-order valence-electron chi connectivity index (χ4n) is 4.51. The van der Waals surface area contributed by atoms with Crippen LogP contribution < -0.4 is 14.8 Å². The molecule has 0 aliphatic carbocycles. The van der Waals surface area contributed by atoms with Crippen molar-refractivity contribution in [3.63, 3.8) is 0 Å². The van der Waals surface area contributed by atoms with Crippen LogP contribution in [-0.4, -0.2) is 28.7 Å². The predicted molar refractivity (Wildman–Crippen MR) is 148 cm³/mol. The van der Waals surface area contributed by atoms with E-state index in [1.165, 1.54) is 5.56 Å². The molecule has 1 unspecified atom stereocenters. The number of aryl methyl sites for hydroxylation is 3. The highest BCUT2D eigenvalue weighted by Crippen LogP contribution is 2.26. The van der Waals surface area contributed by atoms with E-state index in [0.29, 0.717) is 12.5 Å². The van der Waals surface area contributed by atoms with Gasteiger partial charge in [-0.3, -0.25) is 4.79 Å². The fraction of sp³-hybridized carbons (Fsp3) is 0.355. The number of carbonyl (C=O) groups excluding carboxylic acids is 1. The first kappa shape index (κ1) is 26.3. The van der Waals surface area contributed by atoms with Crippen LogP contribution in [0.15, 0.2) is 66.7 Å². The first-order valence-electron chi connectivity index (χ1n) is 13.0. The van der Waals surface area contributed by atoms with Gasteiger partial charge in [-0.1, -0.05) is 56.3 Å². The molecule has 6 nitrogen and oxygen atoms in total. The maximum Gasteiger partial charge on any atom is 0.258 e. The number of rotatable bonds is 11. The van der Waals surface area contributed by atoms with Crippen molar-refractivity contribution in [1.82, 2.24) is 14.9 Å². The zero-order valence-electron chi connectivity index (χ0n) is 22.5. The lowest BCUT2D eigenvalue weighted by Crippen LogP contribution is -2.32. The first-order valence-corrected chi connectivity index (χ1v) is 13.0. The Bertz CT molecular complexity index is 1360. The van der Waals surface area contributed by atoms with E-state index >= 15 is 0 Å². The molecule has 0 spiro atoms. The van der Waals surface area contributed by atoms with E-state index in [2.05, 4.69) is 41.9 Å². The summed E-state index contributed by atoms with van der Waals surface area (Å²) in [5.74, 6) is 2.72. The molecule has 1 aromatic heterocycles. The molecule has 0 fully saturated rings. The Morgan fingerprint density at radius 1 is 0.946 bits per heavy atom. The van der Waals surface area contributed by atoms with Gasteiger partial charge in [0, 0.05) is 6.54 Å². The maximum atomic E-state index is 12.7. The van der Waals surface area contributed by atoms with E-state index in [1.54, 1.807) is 0 Å². The molecule has 1 amide bonds. The van der Waals surface area contributed by atoms with Crippen LogP contribution in [0.4, 0.5) is 0 Å². The summed E-state index contributed by atoms with van der Waals surface area (Å²) in [6, 6.07) is 22.0. The average Bonchev–Trinajstić information content (AvgIpc) is 3.26. The van der Waals surface area contributed by atoms with Crippen molar-refractivity contribution in [3.05, 3.63) is 89.2 Å². The number of hydrogen-bond donors (Lipinski definition) is 1. The van der Waals surface area contributed by atoms with Gasteiger partial charge in [0.1, 0.15) is 17.3 Å². The summed E-state index contributed by atoms with van der Waals surface area (Å²) < 4.78 is 14.1. The third-order valence-corrected chi connectivity index (χ3v) is 6.48. The second-order valence-electron chi connectivity index (χ2n) is 9.85. The van der Waals surface area contributed by atoms with Crippen molar-refractivity contribution in [2.24, 2.45) is 0 Å². The van der Waals surface area contributed by atoms with Crippen molar-refractivity contribution in [1.29, 1.82) is 0 Å².